The van der Waals surface area contributed by atoms with Crippen molar-refractivity contribution in [1.29, 1.82) is 0 Å². The number of nitrogens with one attached hydrogen (secondary N) is 1. The van der Waals surface area contributed by atoms with Crippen LogP contribution in [0.3, 0.4) is 0 Å². The third-order valence-corrected chi connectivity index (χ3v) is 4.84. The summed E-state index contributed by atoms with van der Waals surface area (Å²) in [4.78, 5) is 25.2. The number of rotatable bonds is 2. The Bertz CT molecular complexity index is 549. The SMILES string of the molecule is O=C(O)[C@@H]1CSCN1C(=O)[C@@H]1Cc2ccccc2CN1. The molecule has 0 aromatic heterocycles. The standard InChI is InChI=1S/C14H16N2O3S/c17-13(16-8-20-7-12(16)14(18)19)11-5-9-3-1-2-4-10(9)6-15-11/h1-4,11-12,15H,5-8H2,(H,18,19)/t11-,12-/m0/s1. The molecule has 2 heterocycles. The van der Waals surface area contributed by atoms with Gasteiger partial charge in [-0.3, -0.25) is 4.79 Å². The predicted molar refractivity (Wildman–Crippen MR) is 76.4 cm³/mol. The van der Waals surface area contributed by atoms with E-state index in [2.05, 4.69) is 11.4 Å². The van der Waals surface area contributed by atoms with Crippen molar-refractivity contribution < 1.29 is 14.7 Å². The molecule has 0 bridgehead atoms. The molecular formula is C14H16N2O3S. The fourth-order valence-electron chi connectivity index (χ4n) is 2.69. The van der Waals surface area contributed by atoms with Gasteiger partial charge in [-0.15, -0.1) is 11.8 Å². The molecule has 1 aromatic carbocycles. The molecule has 0 saturated carbocycles. The van der Waals surface area contributed by atoms with Crippen LogP contribution in [-0.4, -0.2) is 45.6 Å². The highest BCUT2D eigenvalue weighted by molar-refractivity contribution is 7.99. The van der Waals surface area contributed by atoms with Crippen molar-refractivity contribution in [3.63, 3.8) is 0 Å². The Morgan fingerprint density at radius 1 is 1.30 bits per heavy atom. The van der Waals surface area contributed by atoms with Gasteiger partial charge in [0.2, 0.25) is 5.91 Å². The minimum atomic E-state index is -0.917. The van der Waals surface area contributed by atoms with Crippen molar-refractivity contribution in [2.75, 3.05) is 11.6 Å². The molecule has 2 aliphatic rings. The van der Waals surface area contributed by atoms with E-state index in [4.69, 9.17) is 5.11 Å². The first-order chi connectivity index (χ1) is 9.66. The number of amides is 1. The second-order valence-electron chi connectivity index (χ2n) is 5.07. The average Bonchev–Trinajstić information content (AvgIpc) is 2.95. The summed E-state index contributed by atoms with van der Waals surface area (Å²) in [6.07, 6.45) is 0.627. The van der Waals surface area contributed by atoms with E-state index in [9.17, 15) is 9.59 Å². The van der Waals surface area contributed by atoms with Crippen molar-refractivity contribution in [3.8, 4) is 0 Å². The first-order valence-electron chi connectivity index (χ1n) is 6.58. The quantitative estimate of drug-likeness (QED) is 0.839. The van der Waals surface area contributed by atoms with Crippen LogP contribution in [0.25, 0.3) is 0 Å². The minimum absolute atomic E-state index is 0.100. The molecule has 20 heavy (non-hydrogen) atoms. The lowest BCUT2D eigenvalue weighted by molar-refractivity contribution is -0.148. The van der Waals surface area contributed by atoms with Gasteiger partial charge in [0.15, 0.2) is 0 Å². The Hall–Kier alpha value is -1.53. The zero-order valence-electron chi connectivity index (χ0n) is 10.9. The molecule has 1 amide bonds. The summed E-state index contributed by atoms with van der Waals surface area (Å²) in [5.74, 6) is -0.0727. The lowest BCUT2D eigenvalue weighted by Gasteiger charge is -2.30. The van der Waals surface area contributed by atoms with Gasteiger partial charge in [0.25, 0.3) is 0 Å². The Kier molecular flexibility index (Phi) is 3.67. The molecule has 1 fully saturated rings. The van der Waals surface area contributed by atoms with Gasteiger partial charge in [0, 0.05) is 12.3 Å². The van der Waals surface area contributed by atoms with Crippen LogP contribution in [0.4, 0.5) is 0 Å². The fraction of sp³-hybridized carbons (Fsp3) is 0.429. The molecule has 0 radical (unpaired) electrons. The number of benzene rings is 1. The number of aliphatic carboxylic acids is 1. The summed E-state index contributed by atoms with van der Waals surface area (Å²) in [6.45, 7) is 0.658. The number of carbonyl (C=O) groups is 2. The van der Waals surface area contributed by atoms with E-state index in [-0.39, 0.29) is 11.9 Å². The van der Waals surface area contributed by atoms with Crippen molar-refractivity contribution in [2.45, 2.75) is 25.0 Å². The number of hydrogen-bond donors (Lipinski definition) is 2. The van der Waals surface area contributed by atoms with Gasteiger partial charge in [-0.2, -0.15) is 0 Å². The van der Waals surface area contributed by atoms with Gasteiger partial charge in [-0.1, -0.05) is 24.3 Å². The Morgan fingerprint density at radius 2 is 2.05 bits per heavy atom. The van der Waals surface area contributed by atoms with E-state index in [1.807, 2.05) is 18.2 Å². The maximum atomic E-state index is 12.5. The van der Waals surface area contributed by atoms with E-state index in [1.54, 1.807) is 0 Å². The molecule has 3 rings (SSSR count). The van der Waals surface area contributed by atoms with Crippen LogP contribution in [0.5, 0.6) is 0 Å². The summed E-state index contributed by atoms with van der Waals surface area (Å²) < 4.78 is 0. The lowest BCUT2D eigenvalue weighted by Crippen LogP contribution is -2.52. The van der Waals surface area contributed by atoms with Gasteiger partial charge in [-0.25, -0.2) is 4.79 Å². The zero-order valence-corrected chi connectivity index (χ0v) is 11.7. The van der Waals surface area contributed by atoms with E-state index in [1.165, 1.54) is 27.8 Å². The minimum Gasteiger partial charge on any atom is -0.480 e. The van der Waals surface area contributed by atoms with Gasteiger partial charge in [-0.05, 0) is 17.5 Å². The second kappa shape index (κ2) is 5.46. The number of carboxylic acid groups (broad SMARTS) is 1. The third-order valence-electron chi connectivity index (χ3n) is 3.83. The number of hydrogen-bond acceptors (Lipinski definition) is 4. The topological polar surface area (TPSA) is 69.6 Å². The highest BCUT2D eigenvalue weighted by Gasteiger charge is 2.38. The molecule has 106 valence electrons. The molecule has 2 N–H and O–H groups in total. The molecule has 2 atom stereocenters. The Balaban J connectivity index is 1.74. The van der Waals surface area contributed by atoms with Crippen LogP contribution in [0.1, 0.15) is 11.1 Å². The molecule has 6 heteroatoms. The maximum absolute atomic E-state index is 12.5. The fourth-order valence-corrected chi connectivity index (χ4v) is 3.85. The number of carboxylic acids is 1. The second-order valence-corrected chi connectivity index (χ2v) is 6.07. The van der Waals surface area contributed by atoms with Gasteiger partial charge >= 0.3 is 5.97 Å². The first-order valence-corrected chi connectivity index (χ1v) is 7.73. The highest BCUT2D eigenvalue weighted by Crippen LogP contribution is 2.24. The number of fused-ring (bicyclic) bond motifs is 1. The monoisotopic (exact) mass is 292 g/mol. The normalized spacial score (nSPS) is 25.3. The number of nitrogens with zero attached hydrogens (tertiary/aromatic N) is 1. The predicted octanol–water partition coefficient (Wildman–Crippen LogP) is 0.687. The summed E-state index contributed by atoms with van der Waals surface area (Å²) in [5, 5.41) is 12.4. The van der Waals surface area contributed by atoms with Crippen LogP contribution in [0.15, 0.2) is 24.3 Å². The molecule has 1 aromatic rings. The van der Waals surface area contributed by atoms with E-state index < -0.39 is 12.0 Å². The highest BCUT2D eigenvalue weighted by atomic mass is 32.2. The number of carbonyl (C=O) groups excluding carboxylic acids is 1. The van der Waals surface area contributed by atoms with Crippen molar-refractivity contribution in [2.24, 2.45) is 0 Å². The van der Waals surface area contributed by atoms with Crippen molar-refractivity contribution in [1.82, 2.24) is 10.2 Å². The van der Waals surface area contributed by atoms with Gasteiger partial charge in [0.1, 0.15) is 6.04 Å². The lowest BCUT2D eigenvalue weighted by atomic mass is 9.95. The van der Waals surface area contributed by atoms with Crippen LogP contribution in [0.2, 0.25) is 0 Å². The first kappa shape index (κ1) is 13.5. The summed E-state index contributed by atoms with van der Waals surface area (Å²) in [7, 11) is 0. The molecule has 0 spiro atoms. The zero-order chi connectivity index (χ0) is 14.1. The molecule has 2 aliphatic heterocycles. The van der Waals surface area contributed by atoms with Crippen LogP contribution in [-0.2, 0) is 22.6 Å². The average molecular weight is 292 g/mol. The molecule has 1 saturated heterocycles. The van der Waals surface area contributed by atoms with Gasteiger partial charge < -0.3 is 15.3 Å². The van der Waals surface area contributed by atoms with Gasteiger partial charge in [0.05, 0.1) is 11.9 Å². The summed E-state index contributed by atoms with van der Waals surface area (Å²) in [6, 6.07) is 7.04. The van der Waals surface area contributed by atoms with E-state index >= 15 is 0 Å². The van der Waals surface area contributed by atoms with Crippen LogP contribution < -0.4 is 5.32 Å². The molecule has 0 aliphatic carbocycles. The number of thioether (sulfide) groups is 1. The Morgan fingerprint density at radius 3 is 2.80 bits per heavy atom. The summed E-state index contributed by atoms with van der Waals surface area (Å²) >= 11 is 1.49. The molecule has 5 nitrogen and oxygen atoms in total. The maximum Gasteiger partial charge on any atom is 0.327 e. The van der Waals surface area contributed by atoms with Crippen LogP contribution in [0, 0.1) is 0 Å². The van der Waals surface area contributed by atoms with E-state index in [0.717, 1.165) is 0 Å². The van der Waals surface area contributed by atoms with Crippen molar-refractivity contribution >= 4 is 23.6 Å². The molecular weight excluding hydrogens is 276 g/mol. The molecule has 0 unspecified atom stereocenters. The van der Waals surface area contributed by atoms with Crippen molar-refractivity contribution in [3.05, 3.63) is 35.4 Å². The van der Waals surface area contributed by atoms with Crippen LogP contribution >= 0.6 is 11.8 Å². The third kappa shape index (κ3) is 2.41. The summed E-state index contributed by atoms with van der Waals surface area (Å²) in [5.41, 5.74) is 2.38. The smallest absolute Gasteiger partial charge is 0.327 e. The largest absolute Gasteiger partial charge is 0.480 e. The van der Waals surface area contributed by atoms with E-state index in [0.29, 0.717) is 24.6 Å². The Labute approximate surface area is 121 Å².